The summed E-state index contributed by atoms with van der Waals surface area (Å²) in [6, 6.07) is 12.3. The van der Waals surface area contributed by atoms with Crippen molar-refractivity contribution in [1.82, 2.24) is 0 Å². The van der Waals surface area contributed by atoms with E-state index in [-0.39, 0.29) is 11.5 Å². The first-order valence-electron chi connectivity index (χ1n) is 6.15. The van der Waals surface area contributed by atoms with E-state index in [4.69, 9.17) is 21.8 Å². The van der Waals surface area contributed by atoms with E-state index in [9.17, 15) is 4.79 Å². The molecule has 0 aliphatic heterocycles. The first-order chi connectivity index (χ1) is 9.56. The number of carbonyl (C=O) groups is 1. The van der Waals surface area contributed by atoms with E-state index in [0.717, 1.165) is 10.9 Å². The first kappa shape index (κ1) is 12.8. The van der Waals surface area contributed by atoms with Gasteiger partial charge >= 0.3 is 0 Å². The zero-order chi connectivity index (χ0) is 14.3. The van der Waals surface area contributed by atoms with Crippen molar-refractivity contribution in [3.05, 3.63) is 64.4 Å². The van der Waals surface area contributed by atoms with E-state index in [0.29, 0.717) is 21.9 Å². The fraction of sp³-hybridized carbons (Fsp3) is 0.0625. The SMILES string of the molecule is Cc1ccc(C(=O)c2cc3cccc(Cl)c3o2)cc1N. The summed E-state index contributed by atoms with van der Waals surface area (Å²) in [5, 5.41) is 1.30. The van der Waals surface area contributed by atoms with Crippen LogP contribution in [0.1, 0.15) is 21.7 Å². The first-order valence-corrected chi connectivity index (χ1v) is 6.53. The summed E-state index contributed by atoms with van der Waals surface area (Å²) >= 11 is 6.04. The number of furan rings is 1. The van der Waals surface area contributed by atoms with Crippen LogP contribution in [-0.2, 0) is 0 Å². The minimum atomic E-state index is -0.205. The number of anilines is 1. The number of nitrogens with two attached hydrogens (primary N) is 1. The minimum absolute atomic E-state index is 0.205. The maximum Gasteiger partial charge on any atom is 0.228 e. The number of rotatable bonds is 2. The predicted octanol–water partition coefficient (Wildman–Crippen LogP) is 4.21. The molecule has 0 bridgehead atoms. The summed E-state index contributed by atoms with van der Waals surface area (Å²) in [6.07, 6.45) is 0. The van der Waals surface area contributed by atoms with Crippen molar-refractivity contribution in [1.29, 1.82) is 0 Å². The molecule has 1 heterocycles. The number of hydrogen-bond donors (Lipinski definition) is 1. The third-order valence-electron chi connectivity index (χ3n) is 3.26. The lowest BCUT2D eigenvalue weighted by Gasteiger charge is -2.02. The molecular weight excluding hydrogens is 274 g/mol. The number of nitrogen functional groups attached to an aromatic ring is 1. The van der Waals surface area contributed by atoms with Gasteiger partial charge in [-0.05, 0) is 30.7 Å². The summed E-state index contributed by atoms with van der Waals surface area (Å²) in [4.78, 5) is 12.4. The summed E-state index contributed by atoms with van der Waals surface area (Å²) in [5.74, 6) is 0.0559. The Labute approximate surface area is 120 Å². The topological polar surface area (TPSA) is 56.2 Å². The van der Waals surface area contributed by atoms with Gasteiger partial charge in [-0.2, -0.15) is 0 Å². The molecule has 2 aromatic carbocycles. The Morgan fingerprint density at radius 3 is 2.70 bits per heavy atom. The molecule has 2 N–H and O–H groups in total. The number of halogens is 1. The lowest BCUT2D eigenvalue weighted by molar-refractivity contribution is 0.101. The molecule has 4 heteroatoms. The second-order valence-electron chi connectivity index (χ2n) is 4.67. The number of para-hydroxylation sites is 1. The Morgan fingerprint density at radius 2 is 2.00 bits per heavy atom. The van der Waals surface area contributed by atoms with Crippen molar-refractivity contribution in [3.8, 4) is 0 Å². The summed E-state index contributed by atoms with van der Waals surface area (Å²) in [5.41, 5.74) is 8.39. The van der Waals surface area contributed by atoms with E-state index in [2.05, 4.69) is 0 Å². The summed E-state index contributed by atoms with van der Waals surface area (Å²) in [6.45, 7) is 1.89. The van der Waals surface area contributed by atoms with E-state index >= 15 is 0 Å². The highest BCUT2D eigenvalue weighted by atomic mass is 35.5. The van der Waals surface area contributed by atoms with E-state index in [1.165, 1.54) is 0 Å². The van der Waals surface area contributed by atoms with Gasteiger partial charge in [0, 0.05) is 16.6 Å². The Morgan fingerprint density at radius 1 is 1.20 bits per heavy atom. The number of fused-ring (bicyclic) bond motifs is 1. The highest BCUT2D eigenvalue weighted by molar-refractivity contribution is 6.35. The molecule has 0 saturated carbocycles. The van der Waals surface area contributed by atoms with Crippen LogP contribution in [-0.4, -0.2) is 5.78 Å². The van der Waals surface area contributed by atoms with Gasteiger partial charge in [0.15, 0.2) is 11.3 Å². The molecule has 0 aliphatic rings. The lowest BCUT2D eigenvalue weighted by atomic mass is 10.1. The number of ketones is 1. The molecule has 0 unspecified atom stereocenters. The van der Waals surface area contributed by atoms with E-state index in [1.54, 1.807) is 24.3 Å². The molecule has 100 valence electrons. The minimum Gasteiger partial charge on any atom is -0.451 e. The molecule has 3 aromatic rings. The van der Waals surface area contributed by atoms with Crippen LogP contribution in [0.3, 0.4) is 0 Å². The monoisotopic (exact) mass is 285 g/mol. The Balaban J connectivity index is 2.08. The van der Waals surface area contributed by atoms with Gasteiger partial charge < -0.3 is 10.2 Å². The third-order valence-corrected chi connectivity index (χ3v) is 3.56. The fourth-order valence-electron chi connectivity index (χ4n) is 2.06. The van der Waals surface area contributed by atoms with Gasteiger partial charge in [-0.15, -0.1) is 0 Å². The van der Waals surface area contributed by atoms with Crippen molar-refractivity contribution in [2.24, 2.45) is 0 Å². The largest absolute Gasteiger partial charge is 0.451 e. The molecule has 1 aromatic heterocycles. The van der Waals surface area contributed by atoms with Crippen molar-refractivity contribution in [2.45, 2.75) is 6.92 Å². The Bertz CT molecular complexity index is 820. The standard InChI is InChI=1S/C16H12ClNO2/c1-9-5-6-10(7-13(9)18)15(19)14-8-11-3-2-4-12(17)16(11)20-14/h2-8H,18H2,1H3. The van der Waals surface area contributed by atoms with Crippen LogP contribution in [0.4, 0.5) is 5.69 Å². The second kappa shape index (κ2) is 4.69. The van der Waals surface area contributed by atoms with Crippen LogP contribution >= 0.6 is 11.6 Å². The zero-order valence-corrected chi connectivity index (χ0v) is 11.6. The van der Waals surface area contributed by atoms with Crippen molar-refractivity contribution < 1.29 is 9.21 Å². The molecule has 0 aliphatic carbocycles. The molecule has 0 saturated heterocycles. The van der Waals surface area contributed by atoms with Gasteiger partial charge in [-0.25, -0.2) is 0 Å². The van der Waals surface area contributed by atoms with Crippen LogP contribution in [0.25, 0.3) is 11.0 Å². The molecule has 0 amide bonds. The van der Waals surface area contributed by atoms with E-state index < -0.39 is 0 Å². The van der Waals surface area contributed by atoms with Gasteiger partial charge in [-0.1, -0.05) is 35.9 Å². The zero-order valence-electron chi connectivity index (χ0n) is 10.8. The number of carbonyl (C=O) groups excluding carboxylic acids is 1. The Hall–Kier alpha value is -2.26. The Kier molecular flexibility index (Phi) is 2.99. The number of benzene rings is 2. The van der Waals surface area contributed by atoms with Crippen molar-refractivity contribution >= 4 is 34.0 Å². The number of aryl methyl sites for hydroxylation is 1. The van der Waals surface area contributed by atoms with Crippen LogP contribution in [0.5, 0.6) is 0 Å². The molecular formula is C16H12ClNO2. The quantitative estimate of drug-likeness (QED) is 0.567. The van der Waals surface area contributed by atoms with Crippen LogP contribution in [0.15, 0.2) is 46.9 Å². The highest BCUT2D eigenvalue weighted by Crippen LogP contribution is 2.28. The molecule has 0 radical (unpaired) electrons. The molecule has 3 nitrogen and oxygen atoms in total. The summed E-state index contributed by atoms with van der Waals surface area (Å²) < 4.78 is 5.56. The summed E-state index contributed by atoms with van der Waals surface area (Å²) in [7, 11) is 0. The van der Waals surface area contributed by atoms with Gasteiger partial charge in [0.1, 0.15) is 0 Å². The second-order valence-corrected chi connectivity index (χ2v) is 5.08. The fourth-order valence-corrected chi connectivity index (χ4v) is 2.28. The van der Waals surface area contributed by atoms with E-state index in [1.807, 2.05) is 25.1 Å². The van der Waals surface area contributed by atoms with Gasteiger partial charge in [0.05, 0.1) is 5.02 Å². The molecule has 0 atom stereocenters. The average Bonchev–Trinajstić information content (AvgIpc) is 2.86. The highest BCUT2D eigenvalue weighted by Gasteiger charge is 2.16. The maximum atomic E-state index is 12.4. The van der Waals surface area contributed by atoms with Gasteiger partial charge in [0.25, 0.3) is 0 Å². The van der Waals surface area contributed by atoms with Crippen LogP contribution in [0.2, 0.25) is 5.02 Å². The van der Waals surface area contributed by atoms with Gasteiger partial charge in [-0.3, -0.25) is 4.79 Å². The van der Waals surface area contributed by atoms with Crippen molar-refractivity contribution in [2.75, 3.05) is 5.73 Å². The maximum absolute atomic E-state index is 12.4. The third kappa shape index (κ3) is 2.06. The molecule has 0 spiro atoms. The predicted molar refractivity (Wildman–Crippen MR) is 80.2 cm³/mol. The van der Waals surface area contributed by atoms with Crippen LogP contribution in [0, 0.1) is 6.92 Å². The molecule has 20 heavy (non-hydrogen) atoms. The smallest absolute Gasteiger partial charge is 0.228 e. The molecule has 0 fully saturated rings. The lowest BCUT2D eigenvalue weighted by Crippen LogP contribution is -2.01. The van der Waals surface area contributed by atoms with Crippen molar-refractivity contribution in [3.63, 3.8) is 0 Å². The van der Waals surface area contributed by atoms with Crippen LogP contribution < -0.4 is 5.73 Å². The van der Waals surface area contributed by atoms with Gasteiger partial charge in [0.2, 0.25) is 5.78 Å². The number of hydrogen-bond acceptors (Lipinski definition) is 3. The normalized spacial score (nSPS) is 10.9. The molecule has 3 rings (SSSR count). The average molecular weight is 286 g/mol.